The van der Waals surface area contributed by atoms with E-state index in [0.29, 0.717) is 50.1 Å². The molecule has 0 aliphatic carbocycles. The summed E-state index contributed by atoms with van der Waals surface area (Å²) in [4.78, 5) is 33.5. The van der Waals surface area contributed by atoms with Crippen molar-refractivity contribution in [1.82, 2.24) is 4.57 Å². The molecule has 4 aromatic carbocycles. The lowest BCUT2D eigenvalue weighted by atomic mass is 9.95. The van der Waals surface area contributed by atoms with Crippen LogP contribution in [0.5, 0.6) is 17.2 Å². The Balaban J connectivity index is 1.39. The summed E-state index contributed by atoms with van der Waals surface area (Å²) in [6, 6.07) is 24.0. The zero-order valence-corrected chi connectivity index (χ0v) is 28.7. The fourth-order valence-corrected chi connectivity index (χ4v) is 6.80. The number of rotatable bonds is 10. The largest absolute Gasteiger partial charge is 0.497 e. The van der Waals surface area contributed by atoms with Gasteiger partial charge in [-0.25, -0.2) is 9.38 Å². The Morgan fingerprint density at radius 1 is 0.959 bits per heavy atom. The molecule has 0 unspecified atom stereocenters. The normalized spacial score (nSPS) is 14.2. The number of thiazole rings is 1. The second-order valence-electron chi connectivity index (χ2n) is 11.7. The van der Waals surface area contributed by atoms with Gasteiger partial charge in [0.2, 0.25) is 0 Å². The monoisotopic (exact) mass is 677 g/mol. The summed E-state index contributed by atoms with van der Waals surface area (Å²) in [5, 5.41) is 3.06. The molecule has 0 bridgehead atoms. The van der Waals surface area contributed by atoms with Gasteiger partial charge in [-0.1, -0.05) is 59.4 Å². The molecule has 5 aromatic rings. The first-order chi connectivity index (χ1) is 23.6. The van der Waals surface area contributed by atoms with Crippen molar-refractivity contribution in [1.29, 1.82) is 0 Å². The standard InChI is InChI=1S/C39H36FN3O5S/c1-6-47-33-20-27(10-18-32(33)48-22-26-8-13-29(40)14-9-26)21-34-38(45)43-36(28-11-15-30(46-5)16-12-28)35(25(4)41-39(43)49-34)37(44)42-31-17-7-23(2)19-24(31)3/h7-21,36H,6,22H2,1-5H3,(H,42,44)/b34-21+/t36-/m0/s1. The van der Waals surface area contributed by atoms with Crippen LogP contribution in [-0.4, -0.2) is 24.2 Å². The number of amides is 1. The first kappa shape index (κ1) is 33.4. The van der Waals surface area contributed by atoms with E-state index in [0.717, 1.165) is 27.8 Å². The van der Waals surface area contributed by atoms with Crippen LogP contribution in [0.25, 0.3) is 6.08 Å². The fourth-order valence-electron chi connectivity index (χ4n) is 5.75. The number of ether oxygens (including phenoxy) is 3. The summed E-state index contributed by atoms with van der Waals surface area (Å²) in [6.45, 7) is 8.27. The van der Waals surface area contributed by atoms with Gasteiger partial charge in [0.25, 0.3) is 11.5 Å². The topological polar surface area (TPSA) is 91.2 Å². The highest BCUT2D eigenvalue weighted by molar-refractivity contribution is 7.07. The minimum absolute atomic E-state index is 0.238. The minimum Gasteiger partial charge on any atom is -0.497 e. The van der Waals surface area contributed by atoms with Gasteiger partial charge in [-0.2, -0.15) is 0 Å². The van der Waals surface area contributed by atoms with E-state index in [1.165, 1.54) is 23.5 Å². The maximum Gasteiger partial charge on any atom is 0.271 e. The average Bonchev–Trinajstić information content (AvgIpc) is 3.39. The minimum atomic E-state index is -0.726. The maximum absolute atomic E-state index is 14.2. The van der Waals surface area contributed by atoms with Gasteiger partial charge >= 0.3 is 0 Å². The maximum atomic E-state index is 14.2. The lowest BCUT2D eigenvalue weighted by molar-refractivity contribution is -0.113. The zero-order chi connectivity index (χ0) is 34.7. The fraction of sp³-hybridized carbons (Fsp3) is 0.205. The van der Waals surface area contributed by atoms with Gasteiger partial charge < -0.3 is 19.5 Å². The van der Waals surface area contributed by atoms with Crippen molar-refractivity contribution in [3.05, 3.63) is 150 Å². The van der Waals surface area contributed by atoms with Crippen LogP contribution in [-0.2, 0) is 11.4 Å². The van der Waals surface area contributed by atoms with E-state index in [4.69, 9.17) is 19.2 Å². The van der Waals surface area contributed by atoms with E-state index >= 15 is 0 Å². The van der Waals surface area contributed by atoms with Crippen LogP contribution in [0.4, 0.5) is 10.1 Å². The Bertz CT molecular complexity index is 2240. The number of carbonyl (C=O) groups excluding carboxylic acids is 1. The number of fused-ring (bicyclic) bond motifs is 1. The summed E-state index contributed by atoms with van der Waals surface area (Å²) in [5.74, 6) is 1.06. The van der Waals surface area contributed by atoms with E-state index in [2.05, 4.69) is 5.32 Å². The number of hydrogen-bond donors (Lipinski definition) is 1. The van der Waals surface area contributed by atoms with Gasteiger partial charge in [0.1, 0.15) is 18.2 Å². The second kappa shape index (κ2) is 14.3. The molecule has 1 aliphatic rings. The molecular weight excluding hydrogens is 642 g/mol. The number of anilines is 1. The molecule has 6 rings (SSSR count). The van der Waals surface area contributed by atoms with Crippen molar-refractivity contribution >= 4 is 29.0 Å². The van der Waals surface area contributed by atoms with Gasteiger partial charge in [-0.05, 0) is 98.5 Å². The third kappa shape index (κ3) is 7.19. The number of halogens is 1. The van der Waals surface area contributed by atoms with E-state index in [1.807, 2.05) is 75.4 Å². The van der Waals surface area contributed by atoms with Crippen molar-refractivity contribution in [2.75, 3.05) is 19.0 Å². The molecule has 0 saturated heterocycles. The quantitative estimate of drug-likeness (QED) is 0.180. The van der Waals surface area contributed by atoms with Crippen molar-refractivity contribution in [2.24, 2.45) is 4.99 Å². The van der Waals surface area contributed by atoms with Crippen LogP contribution in [0, 0.1) is 19.7 Å². The molecule has 49 heavy (non-hydrogen) atoms. The van der Waals surface area contributed by atoms with Crippen molar-refractivity contribution in [2.45, 2.75) is 40.3 Å². The molecule has 8 nitrogen and oxygen atoms in total. The molecule has 1 aromatic heterocycles. The highest BCUT2D eigenvalue weighted by Gasteiger charge is 2.32. The number of benzene rings is 4. The van der Waals surface area contributed by atoms with E-state index < -0.39 is 6.04 Å². The number of hydrogen-bond acceptors (Lipinski definition) is 7. The summed E-state index contributed by atoms with van der Waals surface area (Å²) >= 11 is 1.26. The molecule has 1 amide bonds. The van der Waals surface area contributed by atoms with Gasteiger partial charge in [0, 0.05) is 5.69 Å². The van der Waals surface area contributed by atoms with E-state index in [1.54, 1.807) is 42.9 Å². The van der Waals surface area contributed by atoms with Crippen molar-refractivity contribution < 1.29 is 23.4 Å². The SMILES string of the molecule is CCOc1cc(/C=c2/sc3n(c2=O)[C@@H](c2ccc(OC)cc2)C(C(=O)Nc2ccc(C)cc2C)=C(C)N=3)ccc1OCc1ccc(F)cc1. The Morgan fingerprint density at radius 3 is 2.41 bits per heavy atom. The predicted molar refractivity (Wildman–Crippen MR) is 190 cm³/mol. The molecule has 1 atom stereocenters. The Morgan fingerprint density at radius 2 is 1.71 bits per heavy atom. The summed E-state index contributed by atoms with van der Waals surface area (Å²) in [7, 11) is 1.59. The number of nitrogens with one attached hydrogen (secondary N) is 1. The third-order valence-corrected chi connectivity index (χ3v) is 9.18. The highest BCUT2D eigenvalue weighted by Crippen LogP contribution is 2.33. The summed E-state index contributed by atoms with van der Waals surface area (Å²) < 4.78 is 32.6. The molecule has 0 radical (unpaired) electrons. The number of nitrogens with zero attached hydrogens (tertiary/aromatic N) is 2. The summed E-state index contributed by atoms with van der Waals surface area (Å²) in [6.07, 6.45) is 1.79. The van der Waals surface area contributed by atoms with Gasteiger partial charge in [0.05, 0.1) is 35.6 Å². The lowest BCUT2D eigenvalue weighted by Crippen LogP contribution is -2.40. The predicted octanol–water partition coefficient (Wildman–Crippen LogP) is 6.62. The number of methoxy groups -OCH3 is 1. The Hall–Kier alpha value is -5.48. The molecule has 0 fully saturated rings. The van der Waals surface area contributed by atoms with Crippen molar-refractivity contribution in [3.8, 4) is 17.2 Å². The summed E-state index contributed by atoms with van der Waals surface area (Å²) in [5.41, 5.74) is 5.64. The first-order valence-corrected chi connectivity index (χ1v) is 16.7. The smallest absolute Gasteiger partial charge is 0.271 e. The lowest BCUT2D eigenvalue weighted by Gasteiger charge is -2.25. The molecule has 10 heteroatoms. The number of allylic oxidation sites excluding steroid dienone is 1. The Kier molecular flexibility index (Phi) is 9.77. The van der Waals surface area contributed by atoms with Crippen molar-refractivity contribution in [3.63, 3.8) is 0 Å². The van der Waals surface area contributed by atoms with E-state index in [9.17, 15) is 14.0 Å². The highest BCUT2D eigenvalue weighted by atomic mass is 32.1. The molecule has 0 saturated carbocycles. The number of aromatic nitrogens is 1. The van der Waals surface area contributed by atoms with Crippen LogP contribution in [0.15, 0.2) is 106 Å². The third-order valence-electron chi connectivity index (χ3n) is 8.20. The van der Waals surface area contributed by atoms with Gasteiger partial charge in [-0.3, -0.25) is 14.2 Å². The molecule has 1 N–H and O–H groups in total. The molecule has 0 spiro atoms. The van der Waals surface area contributed by atoms with Crippen LogP contribution < -0.4 is 34.4 Å². The second-order valence-corrected chi connectivity index (χ2v) is 12.7. The zero-order valence-electron chi connectivity index (χ0n) is 27.9. The van der Waals surface area contributed by atoms with E-state index in [-0.39, 0.29) is 23.9 Å². The molecule has 1 aliphatic heterocycles. The van der Waals surface area contributed by atoms with Crippen LogP contribution >= 0.6 is 11.3 Å². The molecule has 250 valence electrons. The first-order valence-electron chi connectivity index (χ1n) is 15.8. The van der Waals surface area contributed by atoms with Gasteiger partial charge in [0.15, 0.2) is 16.3 Å². The Labute approximate surface area is 287 Å². The number of carbonyl (C=O) groups is 1. The van der Waals surface area contributed by atoms with Crippen LogP contribution in [0.1, 0.15) is 47.7 Å². The molecular formula is C39H36FN3O5S. The average molecular weight is 678 g/mol. The van der Waals surface area contributed by atoms with Crippen LogP contribution in [0.2, 0.25) is 0 Å². The number of aryl methyl sites for hydroxylation is 2. The van der Waals surface area contributed by atoms with Crippen LogP contribution in [0.3, 0.4) is 0 Å². The molecule has 2 heterocycles. The van der Waals surface area contributed by atoms with Gasteiger partial charge in [-0.15, -0.1) is 0 Å².